The number of rotatable bonds is 4. The van der Waals surface area contributed by atoms with E-state index < -0.39 is 17.4 Å². The van der Waals surface area contributed by atoms with Crippen LogP contribution in [-0.2, 0) is 26.5 Å². The smallest absolute Gasteiger partial charge is 0.296 e. The van der Waals surface area contributed by atoms with Crippen molar-refractivity contribution in [3.05, 3.63) is 64.7 Å². The fourth-order valence-corrected chi connectivity index (χ4v) is 4.74. The van der Waals surface area contributed by atoms with Crippen molar-refractivity contribution in [2.45, 2.75) is 43.4 Å². The summed E-state index contributed by atoms with van der Waals surface area (Å²) in [6.07, 6.45) is 4.91. The zero-order valence-electron chi connectivity index (χ0n) is 15.8. The van der Waals surface area contributed by atoms with Crippen molar-refractivity contribution >= 4 is 29.0 Å². The molecule has 2 aromatic carbocycles. The SMILES string of the molecule is CO[C@@]1(C(=O)C(=O)Nc2ccccc2Cl)NC2(CCCC2)Cc2ccccc21. The molecular formula is C22H23ClN2O3. The number of methoxy groups -OCH3 is 1. The number of Topliss-reactive ketones (excluding diaryl/α,β-unsaturated/α-hetero) is 1. The summed E-state index contributed by atoms with van der Waals surface area (Å²) in [6, 6.07) is 14.5. The summed E-state index contributed by atoms with van der Waals surface area (Å²) in [5.41, 5.74) is 0.404. The minimum Gasteiger partial charge on any atom is -0.352 e. The molecule has 1 spiro atoms. The molecule has 1 atom stereocenters. The van der Waals surface area contributed by atoms with E-state index in [1.807, 2.05) is 24.3 Å². The number of para-hydroxylation sites is 1. The number of fused-ring (bicyclic) bond motifs is 1. The third-order valence-electron chi connectivity index (χ3n) is 5.88. The van der Waals surface area contributed by atoms with Gasteiger partial charge in [0, 0.05) is 18.2 Å². The molecule has 6 heteroatoms. The van der Waals surface area contributed by atoms with Gasteiger partial charge in [-0.15, -0.1) is 0 Å². The topological polar surface area (TPSA) is 67.4 Å². The molecule has 1 heterocycles. The van der Waals surface area contributed by atoms with Crippen LogP contribution >= 0.6 is 11.6 Å². The molecule has 2 aromatic rings. The lowest BCUT2D eigenvalue weighted by molar-refractivity contribution is -0.159. The Balaban J connectivity index is 1.73. The van der Waals surface area contributed by atoms with Crippen LogP contribution in [0.25, 0.3) is 0 Å². The maximum absolute atomic E-state index is 13.4. The van der Waals surface area contributed by atoms with Gasteiger partial charge in [-0.05, 0) is 37.0 Å². The van der Waals surface area contributed by atoms with Gasteiger partial charge in [0.25, 0.3) is 11.7 Å². The summed E-state index contributed by atoms with van der Waals surface area (Å²) >= 11 is 6.13. The van der Waals surface area contributed by atoms with E-state index in [9.17, 15) is 9.59 Å². The summed E-state index contributed by atoms with van der Waals surface area (Å²) in [5, 5.41) is 6.47. The third kappa shape index (κ3) is 3.13. The summed E-state index contributed by atoms with van der Waals surface area (Å²) in [4.78, 5) is 26.3. The Bertz CT molecular complexity index is 924. The lowest BCUT2D eigenvalue weighted by atomic mass is 9.77. The van der Waals surface area contributed by atoms with Gasteiger partial charge in [-0.2, -0.15) is 0 Å². The zero-order valence-corrected chi connectivity index (χ0v) is 16.5. The molecule has 0 bridgehead atoms. The first-order chi connectivity index (χ1) is 13.5. The predicted octanol–water partition coefficient (Wildman–Crippen LogP) is 3.81. The van der Waals surface area contributed by atoms with Gasteiger partial charge in [0.15, 0.2) is 0 Å². The van der Waals surface area contributed by atoms with Crippen molar-refractivity contribution in [3.8, 4) is 0 Å². The molecule has 146 valence electrons. The van der Waals surface area contributed by atoms with Crippen molar-refractivity contribution in [2.24, 2.45) is 0 Å². The minimum absolute atomic E-state index is 0.231. The van der Waals surface area contributed by atoms with Crippen LogP contribution in [0.15, 0.2) is 48.5 Å². The van der Waals surface area contributed by atoms with Crippen LogP contribution in [0.1, 0.15) is 36.8 Å². The number of nitrogens with one attached hydrogen (secondary N) is 2. The molecule has 5 nitrogen and oxygen atoms in total. The number of anilines is 1. The van der Waals surface area contributed by atoms with E-state index in [2.05, 4.69) is 10.6 Å². The first-order valence-corrected chi connectivity index (χ1v) is 9.91. The number of carbonyl (C=O) groups excluding carboxylic acids is 2. The molecular weight excluding hydrogens is 376 g/mol. The molecule has 1 saturated carbocycles. The first kappa shape index (κ1) is 19.1. The summed E-state index contributed by atoms with van der Waals surface area (Å²) in [7, 11) is 1.47. The van der Waals surface area contributed by atoms with Gasteiger partial charge >= 0.3 is 0 Å². The molecule has 0 aromatic heterocycles. The average molecular weight is 399 g/mol. The van der Waals surface area contributed by atoms with Crippen LogP contribution in [-0.4, -0.2) is 24.3 Å². The Hall–Kier alpha value is -2.21. The Kier molecular flexibility index (Phi) is 5.00. The molecule has 1 aliphatic carbocycles. The molecule has 0 radical (unpaired) electrons. The minimum atomic E-state index is -1.51. The fraction of sp³-hybridized carbons (Fsp3) is 0.364. The quantitative estimate of drug-likeness (QED) is 0.768. The highest BCUT2D eigenvalue weighted by atomic mass is 35.5. The molecule has 2 aliphatic rings. The van der Waals surface area contributed by atoms with E-state index in [1.165, 1.54) is 7.11 Å². The van der Waals surface area contributed by atoms with Crippen molar-refractivity contribution in [1.82, 2.24) is 5.32 Å². The maximum Gasteiger partial charge on any atom is 0.296 e. The van der Waals surface area contributed by atoms with E-state index in [1.54, 1.807) is 24.3 Å². The largest absolute Gasteiger partial charge is 0.352 e. The van der Waals surface area contributed by atoms with Gasteiger partial charge in [-0.25, -0.2) is 0 Å². The number of hydrogen-bond acceptors (Lipinski definition) is 4. The van der Waals surface area contributed by atoms with E-state index in [4.69, 9.17) is 16.3 Å². The first-order valence-electron chi connectivity index (χ1n) is 9.53. The predicted molar refractivity (Wildman–Crippen MR) is 108 cm³/mol. The monoisotopic (exact) mass is 398 g/mol. The molecule has 1 fully saturated rings. The Morgan fingerprint density at radius 2 is 1.75 bits per heavy atom. The highest BCUT2D eigenvalue weighted by molar-refractivity contribution is 6.44. The molecule has 1 aliphatic heterocycles. The number of benzene rings is 2. The van der Waals surface area contributed by atoms with Crippen LogP contribution in [0.2, 0.25) is 5.02 Å². The zero-order chi connectivity index (χ0) is 19.8. The number of ketones is 1. The van der Waals surface area contributed by atoms with Crippen LogP contribution in [0.3, 0.4) is 0 Å². The summed E-state index contributed by atoms with van der Waals surface area (Å²) in [5.74, 6) is -1.43. The highest BCUT2D eigenvalue weighted by Crippen LogP contribution is 2.43. The van der Waals surface area contributed by atoms with Gasteiger partial charge in [0.2, 0.25) is 5.72 Å². The van der Waals surface area contributed by atoms with E-state index in [0.717, 1.165) is 37.7 Å². The van der Waals surface area contributed by atoms with Gasteiger partial charge in [0.1, 0.15) is 0 Å². The molecule has 28 heavy (non-hydrogen) atoms. The van der Waals surface area contributed by atoms with Crippen LogP contribution in [0.4, 0.5) is 5.69 Å². The van der Waals surface area contributed by atoms with Crippen LogP contribution in [0, 0.1) is 0 Å². The second-order valence-corrected chi connectivity index (χ2v) is 8.00. The van der Waals surface area contributed by atoms with Crippen molar-refractivity contribution in [1.29, 1.82) is 0 Å². The van der Waals surface area contributed by atoms with Crippen LogP contribution in [0.5, 0.6) is 0 Å². The molecule has 0 saturated heterocycles. The van der Waals surface area contributed by atoms with Gasteiger partial charge < -0.3 is 10.1 Å². The molecule has 4 rings (SSSR count). The van der Waals surface area contributed by atoms with Crippen LogP contribution < -0.4 is 10.6 Å². The van der Waals surface area contributed by atoms with Crippen molar-refractivity contribution < 1.29 is 14.3 Å². The Labute approximate surface area is 169 Å². The van der Waals surface area contributed by atoms with Crippen molar-refractivity contribution in [3.63, 3.8) is 0 Å². The second kappa shape index (κ2) is 7.32. The number of ether oxygens (including phenoxy) is 1. The van der Waals surface area contributed by atoms with E-state index >= 15 is 0 Å². The number of carbonyl (C=O) groups is 2. The Morgan fingerprint density at radius 3 is 2.46 bits per heavy atom. The third-order valence-corrected chi connectivity index (χ3v) is 6.21. The number of amides is 1. The van der Waals surface area contributed by atoms with E-state index in [-0.39, 0.29) is 5.54 Å². The molecule has 1 amide bonds. The lowest BCUT2D eigenvalue weighted by Gasteiger charge is -2.46. The molecule has 0 unspecified atom stereocenters. The summed E-state index contributed by atoms with van der Waals surface area (Å²) in [6.45, 7) is 0. The standard InChI is InChI=1S/C22H23ClN2O3/c1-28-22(19(26)20(27)24-18-11-5-4-10-17(18)23)16-9-3-2-8-15(16)14-21(25-22)12-6-7-13-21/h2-5,8-11,25H,6-7,12-14H2,1H3,(H,24,27)/t22-/m0/s1. The number of halogens is 1. The van der Waals surface area contributed by atoms with Gasteiger partial charge in [-0.1, -0.05) is 60.8 Å². The van der Waals surface area contributed by atoms with Gasteiger partial charge in [0.05, 0.1) is 10.7 Å². The van der Waals surface area contributed by atoms with Crippen molar-refractivity contribution in [2.75, 3.05) is 12.4 Å². The fourth-order valence-electron chi connectivity index (χ4n) is 4.56. The second-order valence-electron chi connectivity index (χ2n) is 7.59. The Morgan fingerprint density at radius 1 is 1.07 bits per heavy atom. The molecule has 2 N–H and O–H groups in total. The summed E-state index contributed by atoms with van der Waals surface area (Å²) < 4.78 is 5.79. The highest BCUT2D eigenvalue weighted by Gasteiger charge is 2.54. The normalized spacial score (nSPS) is 22.6. The van der Waals surface area contributed by atoms with E-state index in [0.29, 0.717) is 16.3 Å². The van der Waals surface area contributed by atoms with Gasteiger partial charge in [-0.3, -0.25) is 14.9 Å². The maximum atomic E-state index is 13.4. The lowest BCUT2D eigenvalue weighted by Crippen LogP contribution is -2.65. The number of hydrogen-bond donors (Lipinski definition) is 2. The average Bonchev–Trinajstić information content (AvgIpc) is 3.15.